The molecule has 1 aliphatic carbocycles. The van der Waals surface area contributed by atoms with Gasteiger partial charge in [0.1, 0.15) is 18.5 Å². The van der Waals surface area contributed by atoms with Crippen molar-refractivity contribution in [3.63, 3.8) is 0 Å². The van der Waals surface area contributed by atoms with Gasteiger partial charge in [-0.3, -0.25) is 24.0 Å². The van der Waals surface area contributed by atoms with Gasteiger partial charge in [0.05, 0.1) is 54.7 Å². The van der Waals surface area contributed by atoms with Crippen LogP contribution in [0.15, 0.2) is 47.3 Å². The summed E-state index contributed by atoms with van der Waals surface area (Å²) in [5, 5.41) is 22.2. The van der Waals surface area contributed by atoms with Crippen molar-refractivity contribution in [1.82, 2.24) is 30.8 Å². The Hall–Kier alpha value is -6.00. The smallest absolute Gasteiger partial charge is 0.342 e. The van der Waals surface area contributed by atoms with Crippen LogP contribution in [-0.2, 0) is 53.9 Å². The molecule has 4 heterocycles. The lowest BCUT2D eigenvalue weighted by atomic mass is 9.81. The van der Waals surface area contributed by atoms with Crippen LogP contribution < -0.4 is 32.6 Å². The van der Waals surface area contributed by atoms with Crippen LogP contribution in [0.3, 0.4) is 0 Å². The Labute approximate surface area is 301 Å². The first-order valence-corrected chi connectivity index (χ1v) is 17.0. The average Bonchev–Trinajstić information content (AvgIpc) is 3.52. The molecule has 0 spiro atoms. The Kier molecular flexibility index (Phi) is 9.03. The number of aliphatic hydroxyl groups is 1. The van der Waals surface area contributed by atoms with Gasteiger partial charge in [-0.1, -0.05) is 30.3 Å². The monoisotopic (exact) mass is 725 g/mol. The molecule has 274 valence electrons. The number of hydrogen-bond acceptors (Lipinski definition) is 10. The molecule has 16 heteroatoms. The molecule has 0 bridgehead atoms. The maximum absolute atomic E-state index is 15.2. The molecule has 2 aromatic carbocycles. The topological polar surface area (TPSA) is 224 Å². The summed E-state index contributed by atoms with van der Waals surface area (Å²) in [6.07, 6.45) is 0.787. The number of halogens is 1. The molecular weight excluding hydrogens is 689 g/mol. The van der Waals surface area contributed by atoms with E-state index in [-0.39, 0.29) is 30.8 Å². The largest absolute Gasteiger partial charge is 0.458 e. The minimum absolute atomic E-state index is 0.0638. The first-order chi connectivity index (χ1) is 25.3. The lowest BCUT2D eigenvalue weighted by molar-refractivity contribution is -0.169. The van der Waals surface area contributed by atoms with Gasteiger partial charge in [0.15, 0.2) is 5.60 Å². The quantitative estimate of drug-likeness (QED) is 0.114. The highest BCUT2D eigenvalue weighted by atomic mass is 19.1. The number of amides is 4. The number of aromatic nitrogens is 2. The SMILES string of the molecule is Cc1c(F)cc2nc3c(c4c2c1CC[C@@H]4NC(=O)CNC(=O)[C@@H](NC(=O)CNC(=O)CN)c1ccccc1)Cn1c-3cc2c(c1=O)COC(=O)[C@@]2(C)O. The van der Waals surface area contributed by atoms with E-state index in [0.717, 1.165) is 5.56 Å². The molecule has 4 aromatic rings. The van der Waals surface area contributed by atoms with E-state index in [1.807, 2.05) is 0 Å². The zero-order valence-electron chi connectivity index (χ0n) is 28.8. The van der Waals surface area contributed by atoms with Crippen LogP contribution in [0.4, 0.5) is 4.39 Å². The van der Waals surface area contributed by atoms with Gasteiger partial charge in [-0.25, -0.2) is 14.2 Å². The molecule has 3 atom stereocenters. The Balaban J connectivity index is 1.18. The van der Waals surface area contributed by atoms with Crippen molar-refractivity contribution in [1.29, 1.82) is 0 Å². The number of nitrogens with two attached hydrogens (primary N) is 1. The van der Waals surface area contributed by atoms with E-state index in [1.54, 1.807) is 43.3 Å². The molecule has 15 nitrogen and oxygen atoms in total. The van der Waals surface area contributed by atoms with E-state index in [1.165, 1.54) is 17.6 Å². The zero-order valence-corrected chi connectivity index (χ0v) is 28.8. The number of rotatable bonds is 9. The Morgan fingerprint density at radius 3 is 2.53 bits per heavy atom. The Bertz CT molecular complexity index is 2310. The number of carbonyl (C=O) groups excluding carboxylic acids is 5. The van der Waals surface area contributed by atoms with E-state index < -0.39 is 71.7 Å². The molecule has 2 aliphatic heterocycles. The van der Waals surface area contributed by atoms with Crippen molar-refractivity contribution < 1.29 is 38.2 Å². The summed E-state index contributed by atoms with van der Waals surface area (Å²) >= 11 is 0. The molecule has 3 aliphatic rings. The molecular formula is C37H36FN7O8. The van der Waals surface area contributed by atoms with Gasteiger partial charge in [-0.05, 0) is 55.0 Å². The molecule has 0 unspecified atom stereocenters. The van der Waals surface area contributed by atoms with Gasteiger partial charge >= 0.3 is 5.97 Å². The van der Waals surface area contributed by atoms with Crippen LogP contribution >= 0.6 is 0 Å². The maximum atomic E-state index is 15.2. The molecule has 4 amide bonds. The Morgan fingerprint density at radius 1 is 1.06 bits per heavy atom. The molecule has 7 N–H and O–H groups in total. The third-order valence-electron chi connectivity index (χ3n) is 10.1. The standard InChI is InChI=1S/C37H36FN7O8/c1-17-19-8-9-24(42-28(47)14-41-34(49)32(18-6-4-3-5-7-18)44-29(48)13-40-27(46)12-39)31-20-15-45-26(33(20)43-25(30(19)31)11-23(17)38)10-22-21(35(45)50)16-53-36(51)37(22,2)52/h3-7,10-11,24,32,52H,8-9,12-16,39H2,1-2H3,(H,40,46)(H,41,49)(H,42,47)(H,44,48)/t24-,32-,37-/m0/s1. The number of pyridine rings is 2. The summed E-state index contributed by atoms with van der Waals surface area (Å²) < 4.78 is 21.8. The van der Waals surface area contributed by atoms with E-state index in [2.05, 4.69) is 21.3 Å². The van der Waals surface area contributed by atoms with Crippen molar-refractivity contribution >= 4 is 40.5 Å². The van der Waals surface area contributed by atoms with Crippen LogP contribution in [0.25, 0.3) is 22.3 Å². The van der Waals surface area contributed by atoms with Crippen molar-refractivity contribution in [3.8, 4) is 11.4 Å². The third kappa shape index (κ3) is 6.18. The number of cyclic esters (lactones) is 1. The summed E-state index contributed by atoms with van der Waals surface area (Å²) in [6.45, 7) is 1.51. The molecule has 7 rings (SSSR count). The predicted molar refractivity (Wildman–Crippen MR) is 186 cm³/mol. The van der Waals surface area contributed by atoms with Gasteiger partial charge in [-0.2, -0.15) is 0 Å². The van der Waals surface area contributed by atoms with Crippen LogP contribution in [0, 0.1) is 12.7 Å². The number of hydrogen-bond donors (Lipinski definition) is 6. The number of esters is 1. The number of carbonyl (C=O) groups is 5. The number of nitrogens with one attached hydrogen (secondary N) is 4. The summed E-state index contributed by atoms with van der Waals surface area (Å²) in [5.74, 6) is -3.76. The molecule has 0 fully saturated rings. The first-order valence-electron chi connectivity index (χ1n) is 17.0. The van der Waals surface area contributed by atoms with Crippen LogP contribution in [0.1, 0.15) is 64.4 Å². The fourth-order valence-electron chi connectivity index (χ4n) is 7.37. The number of ether oxygens (including phenoxy) is 1. The fourth-order valence-corrected chi connectivity index (χ4v) is 7.37. The molecule has 0 radical (unpaired) electrons. The number of nitrogens with zero attached hydrogens (tertiary/aromatic N) is 2. The molecule has 53 heavy (non-hydrogen) atoms. The molecule has 2 aromatic heterocycles. The predicted octanol–water partition coefficient (Wildman–Crippen LogP) is 0.289. The highest BCUT2D eigenvalue weighted by Gasteiger charge is 2.44. The van der Waals surface area contributed by atoms with Gasteiger partial charge < -0.3 is 41.4 Å². The van der Waals surface area contributed by atoms with E-state index in [9.17, 15) is 33.9 Å². The summed E-state index contributed by atoms with van der Waals surface area (Å²) in [6, 6.07) is 9.42. The van der Waals surface area contributed by atoms with E-state index in [4.69, 9.17) is 15.5 Å². The first kappa shape index (κ1) is 35.4. The van der Waals surface area contributed by atoms with Crippen molar-refractivity contribution in [2.45, 2.75) is 57.5 Å². The summed E-state index contributed by atoms with van der Waals surface area (Å²) in [5.41, 5.74) is 6.89. The van der Waals surface area contributed by atoms with E-state index in [0.29, 0.717) is 57.4 Å². The fraction of sp³-hybridized carbons (Fsp3) is 0.324. The Morgan fingerprint density at radius 2 is 1.79 bits per heavy atom. The lowest BCUT2D eigenvalue weighted by Crippen LogP contribution is -2.47. The lowest BCUT2D eigenvalue weighted by Gasteiger charge is -2.30. The summed E-state index contributed by atoms with van der Waals surface area (Å²) in [4.78, 5) is 82.1. The normalized spacial score (nSPS) is 18.6. The zero-order chi connectivity index (χ0) is 37.8. The van der Waals surface area contributed by atoms with Gasteiger partial charge in [0, 0.05) is 22.6 Å². The van der Waals surface area contributed by atoms with Crippen molar-refractivity contribution in [2.75, 3.05) is 19.6 Å². The molecule has 0 saturated carbocycles. The highest BCUT2D eigenvalue weighted by Crippen LogP contribution is 2.45. The van der Waals surface area contributed by atoms with Crippen molar-refractivity contribution in [3.05, 3.63) is 97.6 Å². The number of fused-ring (bicyclic) bond motifs is 5. The summed E-state index contributed by atoms with van der Waals surface area (Å²) in [7, 11) is 0. The van der Waals surface area contributed by atoms with Crippen LogP contribution in [-0.4, -0.2) is 63.9 Å². The molecule has 0 saturated heterocycles. The minimum Gasteiger partial charge on any atom is -0.458 e. The van der Waals surface area contributed by atoms with Crippen LogP contribution in [0.2, 0.25) is 0 Å². The van der Waals surface area contributed by atoms with E-state index >= 15 is 4.39 Å². The second kappa shape index (κ2) is 13.5. The van der Waals surface area contributed by atoms with Crippen LogP contribution in [0.5, 0.6) is 0 Å². The third-order valence-corrected chi connectivity index (χ3v) is 10.1. The van der Waals surface area contributed by atoms with Gasteiger partial charge in [0.2, 0.25) is 23.6 Å². The minimum atomic E-state index is -2.07. The van der Waals surface area contributed by atoms with Gasteiger partial charge in [-0.15, -0.1) is 0 Å². The second-order valence-electron chi connectivity index (χ2n) is 13.4. The maximum Gasteiger partial charge on any atom is 0.342 e. The van der Waals surface area contributed by atoms with Gasteiger partial charge in [0.25, 0.3) is 5.56 Å². The van der Waals surface area contributed by atoms with Crippen molar-refractivity contribution in [2.24, 2.45) is 5.73 Å². The highest BCUT2D eigenvalue weighted by molar-refractivity contribution is 5.95. The number of aryl methyl sites for hydroxylation is 1. The second-order valence-corrected chi connectivity index (χ2v) is 13.4. The average molecular weight is 726 g/mol. The number of benzene rings is 2.